The molecule has 1 atom stereocenters. The Morgan fingerprint density at radius 2 is 1.69 bits per heavy atom. The van der Waals surface area contributed by atoms with E-state index in [9.17, 15) is 18.0 Å². The van der Waals surface area contributed by atoms with E-state index in [1.54, 1.807) is 42.5 Å². The molecule has 0 unspecified atom stereocenters. The summed E-state index contributed by atoms with van der Waals surface area (Å²) in [5.74, 6) is -1.31. The zero-order valence-corrected chi connectivity index (χ0v) is 16.2. The van der Waals surface area contributed by atoms with Crippen LogP contribution in [0.5, 0.6) is 0 Å². The lowest BCUT2D eigenvalue weighted by atomic mass is 10.1. The summed E-state index contributed by atoms with van der Waals surface area (Å²) in [4.78, 5) is 24.1. The number of esters is 1. The Hall–Kier alpha value is -2.23. The predicted octanol–water partition coefficient (Wildman–Crippen LogP) is 1.76. The number of hydrogen-bond acceptors (Lipinski definition) is 5. The highest BCUT2D eigenvalue weighted by atomic mass is 79.9. The molecule has 0 aliphatic carbocycles. The van der Waals surface area contributed by atoms with Gasteiger partial charge in [0.15, 0.2) is 6.04 Å². The average Bonchev–Trinajstić information content (AvgIpc) is 2.65. The molecule has 26 heavy (non-hydrogen) atoms. The first kappa shape index (κ1) is 20.1. The van der Waals surface area contributed by atoms with E-state index in [4.69, 9.17) is 4.74 Å². The van der Waals surface area contributed by atoms with Gasteiger partial charge in [-0.05, 0) is 29.8 Å². The number of halogens is 1. The summed E-state index contributed by atoms with van der Waals surface area (Å²) in [5, 5.41) is 2.47. The Bertz CT molecular complexity index is 870. The lowest BCUT2D eigenvalue weighted by molar-refractivity contribution is -0.145. The summed E-state index contributed by atoms with van der Waals surface area (Å²) in [6, 6.07) is 13.5. The number of sulfonamides is 1. The second kappa shape index (κ2) is 8.93. The Balaban J connectivity index is 2.04. The number of carbonyl (C=O) groups is 2. The summed E-state index contributed by atoms with van der Waals surface area (Å²) < 4.78 is 32.0. The lowest BCUT2D eigenvalue weighted by Gasteiger charge is -2.17. The van der Waals surface area contributed by atoms with Gasteiger partial charge in [0, 0.05) is 4.47 Å². The quantitative estimate of drug-likeness (QED) is 0.638. The van der Waals surface area contributed by atoms with E-state index in [1.165, 1.54) is 19.2 Å². The van der Waals surface area contributed by atoms with Crippen molar-refractivity contribution in [1.82, 2.24) is 10.0 Å². The maximum atomic E-state index is 12.2. The van der Waals surface area contributed by atoms with Gasteiger partial charge in [-0.15, -0.1) is 0 Å². The molecule has 138 valence electrons. The number of rotatable bonds is 7. The first-order chi connectivity index (χ1) is 12.3. The van der Waals surface area contributed by atoms with E-state index >= 15 is 0 Å². The van der Waals surface area contributed by atoms with Crippen LogP contribution in [0.4, 0.5) is 0 Å². The first-order valence-electron chi connectivity index (χ1n) is 7.51. The summed E-state index contributed by atoms with van der Waals surface area (Å²) in [5.41, 5.74) is 0.531. The van der Waals surface area contributed by atoms with E-state index in [-0.39, 0.29) is 4.90 Å². The topological polar surface area (TPSA) is 102 Å². The second-order valence-corrected chi connectivity index (χ2v) is 7.90. The molecule has 0 saturated heterocycles. The minimum Gasteiger partial charge on any atom is -0.467 e. The van der Waals surface area contributed by atoms with Crippen LogP contribution >= 0.6 is 15.9 Å². The third-order valence-electron chi connectivity index (χ3n) is 3.42. The molecule has 2 N–H and O–H groups in total. The van der Waals surface area contributed by atoms with Crippen LogP contribution in [0.15, 0.2) is 64.0 Å². The number of nitrogens with one attached hydrogen (secondary N) is 2. The van der Waals surface area contributed by atoms with Crippen LogP contribution in [-0.4, -0.2) is 33.9 Å². The molecule has 0 heterocycles. The van der Waals surface area contributed by atoms with Crippen molar-refractivity contribution in [2.45, 2.75) is 10.9 Å². The van der Waals surface area contributed by atoms with Gasteiger partial charge in [0.1, 0.15) is 0 Å². The number of amides is 1. The Morgan fingerprint density at radius 3 is 2.27 bits per heavy atom. The molecule has 2 aromatic rings. The molecule has 2 rings (SSSR count). The molecular formula is C17H17BrN2O5S. The molecule has 0 saturated carbocycles. The Morgan fingerprint density at radius 1 is 1.08 bits per heavy atom. The van der Waals surface area contributed by atoms with Crippen molar-refractivity contribution in [2.24, 2.45) is 0 Å². The second-order valence-electron chi connectivity index (χ2n) is 5.21. The van der Waals surface area contributed by atoms with Crippen molar-refractivity contribution >= 4 is 37.8 Å². The van der Waals surface area contributed by atoms with Gasteiger partial charge in [0.05, 0.1) is 18.6 Å². The van der Waals surface area contributed by atoms with Crippen LogP contribution in [0.25, 0.3) is 0 Å². The molecule has 0 aliphatic rings. The summed E-state index contributed by atoms with van der Waals surface area (Å²) in [6.45, 7) is -0.515. The van der Waals surface area contributed by atoms with Crippen LogP contribution < -0.4 is 10.0 Å². The molecule has 9 heteroatoms. The van der Waals surface area contributed by atoms with Gasteiger partial charge in [0.25, 0.3) is 0 Å². The molecule has 0 aromatic heterocycles. The van der Waals surface area contributed by atoms with Crippen molar-refractivity contribution in [3.05, 3.63) is 64.6 Å². The molecule has 0 fully saturated rings. The number of methoxy groups -OCH3 is 1. The van der Waals surface area contributed by atoms with Crippen LogP contribution in [0, 0.1) is 0 Å². The number of hydrogen-bond donors (Lipinski definition) is 2. The minimum absolute atomic E-state index is 0.0288. The lowest BCUT2D eigenvalue weighted by Crippen LogP contribution is -2.41. The Kier molecular flexibility index (Phi) is 6.90. The minimum atomic E-state index is -3.85. The zero-order chi connectivity index (χ0) is 19.2. The SMILES string of the molecule is COC(=O)[C@@H](NC(=O)CNS(=O)(=O)c1ccc(Br)cc1)c1ccccc1. The largest absolute Gasteiger partial charge is 0.467 e. The summed E-state index contributed by atoms with van der Waals surface area (Å²) >= 11 is 3.22. The maximum Gasteiger partial charge on any atom is 0.333 e. The highest BCUT2D eigenvalue weighted by molar-refractivity contribution is 9.10. The van der Waals surface area contributed by atoms with Gasteiger partial charge in [-0.3, -0.25) is 4.79 Å². The summed E-state index contributed by atoms with van der Waals surface area (Å²) in [7, 11) is -2.64. The van der Waals surface area contributed by atoms with Crippen LogP contribution in [0.3, 0.4) is 0 Å². The fourth-order valence-electron chi connectivity index (χ4n) is 2.11. The van der Waals surface area contributed by atoms with Gasteiger partial charge < -0.3 is 10.1 Å². The molecule has 0 spiro atoms. The predicted molar refractivity (Wildman–Crippen MR) is 98.7 cm³/mol. The first-order valence-corrected chi connectivity index (χ1v) is 9.78. The normalized spacial score (nSPS) is 12.2. The molecule has 7 nitrogen and oxygen atoms in total. The van der Waals surface area contributed by atoms with Crippen molar-refractivity contribution in [2.75, 3.05) is 13.7 Å². The molecular weight excluding hydrogens is 424 g/mol. The number of ether oxygens (including phenoxy) is 1. The fraction of sp³-hybridized carbons (Fsp3) is 0.176. The fourth-order valence-corrected chi connectivity index (χ4v) is 3.36. The van der Waals surface area contributed by atoms with E-state index in [1.807, 2.05) is 0 Å². The van der Waals surface area contributed by atoms with Crippen molar-refractivity contribution < 1.29 is 22.7 Å². The van der Waals surface area contributed by atoms with Crippen LogP contribution in [-0.2, 0) is 24.3 Å². The molecule has 0 bridgehead atoms. The highest BCUT2D eigenvalue weighted by Crippen LogP contribution is 2.15. The van der Waals surface area contributed by atoms with Crippen molar-refractivity contribution in [3.63, 3.8) is 0 Å². The van der Waals surface area contributed by atoms with Crippen molar-refractivity contribution in [1.29, 1.82) is 0 Å². The standard InChI is InChI=1S/C17H17BrN2O5S/c1-25-17(22)16(12-5-3-2-4-6-12)20-15(21)11-19-26(23,24)14-9-7-13(18)8-10-14/h2-10,16,19H,11H2,1H3,(H,20,21)/t16-/m0/s1. The van der Waals surface area contributed by atoms with E-state index in [0.29, 0.717) is 5.56 Å². The van der Waals surface area contributed by atoms with Crippen molar-refractivity contribution in [3.8, 4) is 0 Å². The smallest absolute Gasteiger partial charge is 0.333 e. The number of benzene rings is 2. The van der Waals surface area contributed by atoms with E-state index in [0.717, 1.165) is 4.47 Å². The number of carbonyl (C=O) groups excluding carboxylic acids is 2. The third kappa shape index (κ3) is 5.38. The Labute approximate surface area is 159 Å². The van der Waals surface area contributed by atoms with Gasteiger partial charge >= 0.3 is 5.97 Å². The van der Waals surface area contributed by atoms with Gasteiger partial charge in [-0.2, -0.15) is 0 Å². The molecule has 0 radical (unpaired) electrons. The van der Waals surface area contributed by atoms with Crippen LogP contribution in [0.2, 0.25) is 0 Å². The van der Waals surface area contributed by atoms with E-state index in [2.05, 4.69) is 26.0 Å². The van der Waals surface area contributed by atoms with Gasteiger partial charge in [0.2, 0.25) is 15.9 Å². The monoisotopic (exact) mass is 440 g/mol. The highest BCUT2D eigenvalue weighted by Gasteiger charge is 2.24. The van der Waals surface area contributed by atoms with Crippen LogP contribution in [0.1, 0.15) is 11.6 Å². The molecule has 0 aliphatic heterocycles. The zero-order valence-electron chi connectivity index (χ0n) is 13.8. The third-order valence-corrected chi connectivity index (χ3v) is 5.37. The molecule has 2 aromatic carbocycles. The van der Waals surface area contributed by atoms with Gasteiger partial charge in [-0.25, -0.2) is 17.9 Å². The summed E-state index contributed by atoms with van der Waals surface area (Å²) in [6.07, 6.45) is 0. The molecule has 1 amide bonds. The van der Waals surface area contributed by atoms with E-state index < -0.39 is 34.5 Å². The average molecular weight is 441 g/mol. The van der Waals surface area contributed by atoms with Gasteiger partial charge in [-0.1, -0.05) is 46.3 Å². The maximum absolute atomic E-state index is 12.2.